The SMILES string of the molecule is CC(C(=O)ON1C(=O)c2ccccc2C1=O)[C@H]1CC[C@H]2[C@@H]3CC=C4C[C@@H](O)CC[C@]4(C)[C@H]3CC[C@]12C. The van der Waals surface area contributed by atoms with Crippen molar-refractivity contribution in [3.63, 3.8) is 0 Å². The Kier molecular flexibility index (Phi) is 5.49. The van der Waals surface area contributed by atoms with Crippen molar-refractivity contribution in [3.8, 4) is 0 Å². The van der Waals surface area contributed by atoms with E-state index >= 15 is 0 Å². The predicted octanol–water partition coefficient (Wildman–Crippen LogP) is 5.32. The van der Waals surface area contributed by atoms with E-state index in [9.17, 15) is 19.5 Å². The Balaban J connectivity index is 1.19. The molecule has 6 rings (SSSR count). The summed E-state index contributed by atoms with van der Waals surface area (Å²) in [5.41, 5.74) is 2.26. The molecule has 2 amide bonds. The minimum absolute atomic E-state index is 0.0392. The number of rotatable bonds is 3. The fourth-order valence-corrected chi connectivity index (χ4v) is 9.09. The van der Waals surface area contributed by atoms with Crippen LogP contribution in [-0.4, -0.2) is 34.1 Å². The number of hydrogen-bond donors (Lipinski definition) is 1. The third-order valence-corrected chi connectivity index (χ3v) is 11.1. The lowest BCUT2D eigenvalue weighted by Gasteiger charge is -2.58. The predicted molar refractivity (Wildman–Crippen MR) is 133 cm³/mol. The number of nitrogens with zero attached hydrogens (tertiary/aromatic N) is 1. The molecular formula is C30H37NO5. The molecule has 1 aliphatic heterocycles. The van der Waals surface area contributed by atoms with Gasteiger partial charge in [0.15, 0.2) is 0 Å². The van der Waals surface area contributed by atoms with Crippen LogP contribution in [-0.2, 0) is 9.63 Å². The summed E-state index contributed by atoms with van der Waals surface area (Å²) < 4.78 is 0. The minimum Gasteiger partial charge on any atom is -0.393 e. The molecule has 8 atom stereocenters. The Morgan fingerprint density at radius 3 is 2.42 bits per heavy atom. The number of hydrogen-bond acceptors (Lipinski definition) is 5. The highest BCUT2D eigenvalue weighted by Crippen LogP contribution is 2.67. The minimum atomic E-state index is -0.567. The molecule has 6 heteroatoms. The Morgan fingerprint density at radius 2 is 1.72 bits per heavy atom. The van der Waals surface area contributed by atoms with Crippen molar-refractivity contribution in [1.82, 2.24) is 5.06 Å². The number of amides is 2. The van der Waals surface area contributed by atoms with Crippen molar-refractivity contribution < 1.29 is 24.3 Å². The van der Waals surface area contributed by atoms with Crippen LogP contribution in [0.1, 0.15) is 92.9 Å². The number of aliphatic hydroxyl groups is 1. The largest absolute Gasteiger partial charge is 0.393 e. The molecule has 0 aromatic heterocycles. The Morgan fingerprint density at radius 1 is 1.03 bits per heavy atom. The Hall–Kier alpha value is -2.47. The van der Waals surface area contributed by atoms with Crippen LogP contribution in [0.15, 0.2) is 35.9 Å². The summed E-state index contributed by atoms with van der Waals surface area (Å²) in [4.78, 5) is 44.2. The summed E-state index contributed by atoms with van der Waals surface area (Å²) in [6.45, 7) is 6.70. The van der Waals surface area contributed by atoms with Gasteiger partial charge in [0.1, 0.15) is 0 Å². The van der Waals surface area contributed by atoms with Crippen LogP contribution in [0.4, 0.5) is 0 Å². The lowest BCUT2D eigenvalue weighted by atomic mass is 9.47. The van der Waals surface area contributed by atoms with Crippen LogP contribution in [0.2, 0.25) is 0 Å². The summed E-state index contributed by atoms with van der Waals surface area (Å²) in [7, 11) is 0. The number of hydroxylamine groups is 2. The normalized spacial score (nSPS) is 40.1. The first kappa shape index (κ1) is 23.9. The average Bonchev–Trinajstić information content (AvgIpc) is 3.34. The van der Waals surface area contributed by atoms with Crippen molar-refractivity contribution in [2.24, 2.45) is 40.4 Å². The second-order valence-electron chi connectivity index (χ2n) is 12.5. The van der Waals surface area contributed by atoms with Crippen molar-refractivity contribution in [3.05, 3.63) is 47.0 Å². The van der Waals surface area contributed by atoms with Gasteiger partial charge in [-0.25, -0.2) is 4.79 Å². The monoisotopic (exact) mass is 491 g/mol. The first-order valence-corrected chi connectivity index (χ1v) is 13.7. The van der Waals surface area contributed by atoms with E-state index in [0.29, 0.717) is 22.8 Å². The average molecular weight is 492 g/mol. The van der Waals surface area contributed by atoms with E-state index in [0.717, 1.165) is 51.4 Å². The zero-order valence-electron chi connectivity index (χ0n) is 21.5. The van der Waals surface area contributed by atoms with E-state index < -0.39 is 23.7 Å². The van der Waals surface area contributed by atoms with Gasteiger partial charge in [0.25, 0.3) is 11.8 Å². The molecule has 1 N–H and O–H groups in total. The molecule has 1 aromatic rings. The molecular weight excluding hydrogens is 454 g/mol. The molecule has 36 heavy (non-hydrogen) atoms. The lowest BCUT2D eigenvalue weighted by Crippen LogP contribution is -2.51. The van der Waals surface area contributed by atoms with Crippen molar-refractivity contribution in [2.75, 3.05) is 0 Å². The molecule has 3 saturated carbocycles. The van der Waals surface area contributed by atoms with Gasteiger partial charge in [-0.05, 0) is 98.0 Å². The standard InChI is InChI=1S/C30H37NO5/c1-17(28(35)36-31-26(33)20-6-4-5-7-21(20)27(31)34)23-10-11-24-22-9-8-18-16-19(32)12-14-29(18,2)25(22)13-15-30(23,24)3/h4-8,17,19,22-25,32H,9-16H2,1-3H3/t17?,19-,22-,23+,24-,25-,29-,30+/m0/s1. The van der Waals surface area contributed by atoms with Gasteiger partial charge in [-0.1, -0.05) is 49.6 Å². The van der Waals surface area contributed by atoms with Gasteiger partial charge in [-0.3, -0.25) is 9.59 Å². The van der Waals surface area contributed by atoms with E-state index in [1.54, 1.807) is 24.3 Å². The number of aliphatic hydroxyl groups excluding tert-OH is 1. The Labute approximate surface area is 213 Å². The number of benzene rings is 1. The molecule has 6 nitrogen and oxygen atoms in total. The van der Waals surface area contributed by atoms with Crippen LogP contribution in [0, 0.1) is 40.4 Å². The first-order chi connectivity index (χ1) is 17.1. The van der Waals surface area contributed by atoms with Gasteiger partial charge in [0.2, 0.25) is 0 Å². The highest BCUT2D eigenvalue weighted by atomic mass is 16.7. The first-order valence-electron chi connectivity index (χ1n) is 13.7. The molecule has 1 heterocycles. The fourth-order valence-electron chi connectivity index (χ4n) is 9.09. The zero-order chi connectivity index (χ0) is 25.4. The van der Waals surface area contributed by atoms with E-state index in [2.05, 4.69) is 19.9 Å². The topological polar surface area (TPSA) is 83.9 Å². The highest BCUT2D eigenvalue weighted by Gasteiger charge is 2.60. The molecule has 0 spiro atoms. The maximum Gasteiger partial charge on any atom is 0.336 e. The fraction of sp³-hybridized carbons (Fsp3) is 0.633. The summed E-state index contributed by atoms with van der Waals surface area (Å²) in [5.74, 6) is -0.0476. The van der Waals surface area contributed by atoms with Gasteiger partial charge in [-0.2, -0.15) is 0 Å². The van der Waals surface area contributed by atoms with Gasteiger partial charge in [0, 0.05) is 0 Å². The quantitative estimate of drug-likeness (QED) is 0.457. The molecule has 0 radical (unpaired) electrons. The molecule has 0 bridgehead atoms. The van der Waals surface area contributed by atoms with Crippen LogP contribution in [0.25, 0.3) is 0 Å². The number of fused-ring (bicyclic) bond motifs is 6. The number of carbonyl (C=O) groups is 3. The third kappa shape index (κ3) is 3.29. The van der Waals surface area contributed by atoms with Crippen LogP contribution in [0.3, 0.4) is 0 Å². The second kappa shape index (κ2) is 8.27. The molecule has 1 unspecified atom stereocenters. The molecule has 3 fully saturated rings. The van der Waals surface area contributed by atoms with E-state index in [4.69, 9.17) is 4.84 Å². The molecule has 192 valence electrons. The van der Waals surface area contributed by atoms with Crippen LogP contribution >= 0.6 is 0 Å². The molecule has 1 aromatic carbocycles. The number of imide groups is 1. The maximum absolute atomic E-state index is 13.3. The Bertz CT molecular complexity index is 1120. The highest BCUT2D eigenvalue weighted by molar-refractivity contribution is 6.20. The van der Waals surface area contributed by atoms with Gasteiger partial charge < -0.3 is 9.94 Å². The van der Waals surface area contributed by atoms with Crippen molar-refractivity contribution >= 4 is 17.8 Å². The van der Waals surface area contributed by atoms with Gasteiger partial charge in [0.05, 0.1) is 23.1 Å². The smallest absolute Gasteiger partial charge is 0.336 e. The van der Waals surface area contributed by atoms with Gasteiger partial charge in [-0.15, -0.1) is 0 Å². The van der Waals surface area contributed by atoms with E-state index in [-0.39, 0.29) is 34.0 Å². The lowest BCUT2D eigenvalue weighted by molar-refractivity contribution is -0.177. The molecule has 5 aliphatic rings. The number of allylic oxidation sites excluding steroid dienone is 1. The van der Waals surface area contributed by atoms with Crippen molar-refractivity contribution in [2.45, 2.75) is 78.2 Å². The summed E-state index contributed by atoms with van der Waals surface area (Å²) in [6.07, 6.45) is 10.4. The van der Waals surface area contributed by atoms with E-state index in [1.165, 1.54) is 5.57 Å². The third-order valence-electron chi connectivity index (χ3n) is 11.1. The molecule has 4 aliphatic carbocycles. The maximum atomic E-state index is 13.3. The summed E-state index contributed by atoms with van der Waals surface area (Å²) in [6, 6.07) is 6.58. The second-order valence-corrected chi connectivity index (χ2v) is 12.5. The van der Waals surface area contributed by atoms with Crippen LogP contribution in [0.5, 0.6) is 0 Å². The number of carbonyl (C=O) groups excluding carboxylic acids is 3. The van der Waals surface area contributed by atoms with Gasteiger partial charge >= 0.3 is 5.97 Å². The molecule has 0 saturated heterocycles. The summed E-state index contributed by atoms with van der Waals surface area (Å²) in [5, 5.41) is 10.9. The summed E-state index contributed by atoms with van der Waals surface area (Å²) >= 11 is 0. The van der Waals surface area contributed by atoms with E-state index in [1.807, 2.05) is 6.92 Å². The zero-order valence-corrected chi connectivity index (χ0v) is 21.5. The van der Waals surface area contributed by atoms with Crippen molar-refractivity contribution in [1.29, 1.82) is 0 Å². The van der Waals surface area contributed by atoms with Crippen LogP contribution < -0.4 is 0 Å².